The number of rotatable bonds is 4. The smallest absolute Gasteiger partial charge is 0.124 e. The van der Waals surface area contributed by atoms with E-state index in [0.29, 0.717) is 6.42 Å². The Morgan fingerprint density at radius 3 is 2.03 bits per heavy atom. The van der Waals surface area contributed by atoms with Gasteiger partial charge in [-0.05, 0) is 31.0 Å². The Morgan fingerprint density at radius 2 is 1.43 bits per heavy atom. The SMILES string of the molecule is COc1ccccc1[C@@]1(O)C[C@@H](c2ccc(C)cc2)N[C@H](c2ccc(C)cc2)[C@@H]1C. The molecule has 0 spiro atoms. The minimum absolute atomic E-state index is 0.0144. The van der Waals surface area contributed by atoms with Crippen molar-refractivity contribution in [2.24, 2.45) is 5.92 Å². The van der Waals surface area contributed by atoms with Gasteiger partial charge in [-0.1, -0.05) is 84.8 Å². The molecular weight excluding hydrogens is 370 g/mol. The first-order valence-corrected chi connectivity index (χ1v) is 10.7. The molecule has 0 bridgehead atoms. The van der Waals surface area contributed by atoms with E-state index >= 15 is 0 Å². The van der Waals surface area contributed by atoms with Crippen LogP contribution in [0.1, 0.15) is 53.2 Å². The minimum atomic E-state index is -1.02. The zero-order chi connectivity index (χ0) is 21.3. The van der Waals surface area contributed by atoms with E-state index in [1.165, 1.54) is 22.3 Å². The minimum Gasteiger partial charge on any atom is -0.496 e. The summed E-state index contributed by atoms with van der Waals surface area (Å²) in [6.07, 6.45) is 0.583. The van der Waals surface area contributed by atoms with Gasteiger partial charge in [-0.25, -0.2) is 0 Å². The molecule has 1 fully saturated rings. The van der Waals surface area contributed by atoms with Gasteiger partial charge in [-0.2, -0.15) is 0 Å². The Labute approximate surface area is 179 Å². The van der Waals surface area contributed by atoms with Crippen molar-refractivity contribution in [2.45, 2.75) is 44.9 Å². The maximum Gasteiger partial charge on any atom is 0.124 e. The van der Waals surface area contributed by atoms with Gasteiger partial charge < -0.3 is 15.2 Å². The highest BCUT2D eigenvalue weighted by Gasteiger charge is 2.48. The molecule has 0 radical (unpaired) electrons. The average molecular weight is 402 g/mol. The third kappa shape index (κ3) is 3.76. The van der Waals surface area contributed by atoms with Gasteiger partial charge in [0.25, 0.3) is 0 Å². The molecule has 0 amide bonds. The molecular formula is C27H31NO2. The molecule has 1 aliphatic heterocycles. The van der Waals surface area contributed by atoms with E-state index in [0.717, 1.165) is 11.3 Å². The van der Waals surface area contributed by atoms with Crippen molar-refractivity contribution < 1.29 is 9.84 Å². The fourth-order valence-electron chi connectivity index (χ4n) is 4.72. The van der Waals surface area contributed by atoms with E-state index in [-0.39, 0.29) is 18.0 Å². The van der Waals surface area contributed by atoms with Crippen molar-refractivity contribution in [1.29, 1.82) is 0 Å². The van der Waals surface area contributed by atoms with Crippen LogP contribution < -0.4 is 10.1 Å². The summed E-state index contributed by atoms with van der Waals surface area (Å²) in [5, 5.41) is 16.0. The van der Waals surface area contributed by atoms with Crippen LogP contribution in [0, 0.1) is 19.8 Å². The average Bonchev–Trinajstić information content (AvgIpc) is 2.77. The fraction of sp³-hybridized carbons (Fsp3) is 0.333. The lowest BCUT2D eigenvalue weighted by molar-refractivity contribution is -0.0755. The molecule has 4 atom stereocenters. The Bertz CT molecular complexity index is 996. The Balaban J connectivity index is 1.81. The van der Waals surface area contributed by atoms with Gasteiger partial charge in [0.05, 0.1) is 12.7 Å². The highest BCUT2D eigenvalue weighted by Crippen LogP contribution is 2.50. The quantitative estimate of drug-likeness (QED) is 0.597. The predicted molar refractivity (Wildman–Crippen MR) is 122 cm³/mol. The first-order valence-electron chi connectivity index (χ1n) is 10.7. The first kappa shape index (κ1) is 20.6. The number of hydrogen-bond acceptors (Lipinski definition) is 3. The predicted octanol–water partition coefficient (Wildman–Crippen LogP) is 5.61. The van der Waals surface area contributed by atoms with Gasteiger partial charge in [0.15, 0.2) is 0 Å². The summed E-state index contributed by atoms with van der Waals surface area (Å²) in [5.74, 6) is 0.692. The fourth-order valence-corrected chi connectivity index (χ4v) is 4.72. The molecule has 0 unspecified atom stereocenters. The van der Waals surface area contributed by atoms with Crippen LogP contribution in [-0.4, -0.2) is 12.2 Å². The molecule has 3 heteroatoms. The zero-order valence-electron chi connectivity index (χ0n) is 18.2. The van der Waals surface area contributed by atoms with E-state index in [2.05, 4.69) is 74.6 Å². The molecule has 0 aromatic heterocycles. The summed E-state index contributed by atoms with van der Waals surface area (Å²) >= 11 is 0. The number of para-hydroxylation sites is 1. The number of hydrogen-bond donors (Lipinski definition) is 2. The summed E-state index contributed by atoms with van der Waals surface area (Å²) in [5.41, 5.74) is 4.69. The van der Waals surface area contributed by atoms with Crippen LogP contribution >= 0.6 is 0 Å². The van der Waals surface area contributed by atoms with E-state index in [1.807, 2.05) is 24.3 Å². The number of nitrogens with one attached hydrogen (secondary N) is 1. The van der Waals surface area contributed by atoms with E-state index in [1.54, 1.807) is 7.11 Å². The normalized spacial score (nSPS) is 26.4. The second-order valence-corrected chi connectivity index (χ2v) is 8.64. The highest BCUT2D eigenvalue weighted by atomic mass is 16.5. The van der Waals surface area contributed by atoms with Crippen molar-refractivity contribution in [3.05, 3.63) is 101 Å². The lowest BCUT2D eigenvalue weighted by Gasteiger charge is -2.48. The Hall–Kier alpha value is -2.62. The van der Waals surface area contributed by atoms with Crippen LogP contribution in [0.25, 0.3) is 0 Å². The van der Waals surface area contributed by atoms with Gasteiger partial charge >= 0.3 is 0 Å². The molecule has 0 aliphatic carbocycles. The number of aryl methyl sites for hydroxylation is 2. The molecule has 1 aliphatic rings. The van der Waals surface area contributed by atoms with E-state index in [9.17, 15) is 5.11 Å². The number of ether oxygens (including phenoxy) is 1. The topological polar surface area (TPSA) is 41.5 Å². The standard InChI is InChI=1S/C27H31NO2/c1-18-9-13-21(14-10-18)24-17-27(29,23-7-5-6-8-25(23)30-4)20(3)26(28-24)22-15-11-19(2)12-16-22/h5-16,20,24,26,28-29H,17H2,1-4H3/t20-,24-,26-,27+/m0/s1. The molecule has 2 N–H and O–H groups in total. The molecule has 3 aromatic rings. The molecule has 3 nitrogen and oxygen atoms in total. The molecule has 0 saturated carbocycles. The molecule has 4 rings (SSSR count). The van der Waals surface area contributed by atoms with Crippen LogP contribution in [0.4, 0.5) is 0 Å². The van der Waals surface area contributed by atoms with Gasteiger partial charge in [0.2, 0.25) is 0 Å². The van der Waals surface area contributed by atoms with Crippen LogP contribution in [0.5, 0.6) is 5.75 Å². The number of aliphatic hydroxyl groups is 1. The summed E-state index contributed by atoms with van der Waals surface area (Å²) in [4.78, 5) is 0. The second-order valence-electron chi connectivity index (χ2n) is 8.64. The molecule has 3 aromatic carbocycles. The molecule has 1 heterocycles. The lowest BCUT2D eigenvalue weighted by atomic mass is 9.68. The first-order chi connectivity index (χ1) is 14.4. The van der Waals surface area contributed by atoms with E-state index < -0.39 is 5.60 Å². The van der Waals surface area contributed by atoms with Crippen LogP contribution in [0.15, 0.2) is 72.8 Å². The monoisotopic (exact) mass is 401 g/mol. The maximum absolute atomic E-state index is 12.2. The molecule has 1 saturated heterocycles. The molecule has 30 heavy (non-hydrogen) atoms. The van der Waals surface area contributed by atoms with Gasteiger partial charge in [-0.15, -0.1) is 0 Å². The van der Waals surface area contributed by atoms with Crippen molar-refractivity contribution in [3.63, 3.8) is 0 Å². The maximum atomic E-state index is 12.2. The van der Waals surface area contributed by atoms with E-state index in [4.69, 9.17) is 4.74 Å². The van der Waals surface area contributed by atoms with Crippen LogP contribution in [-0.2, 0) is 5.60 Å². The summed E-state index contributed by atoms with van der Waals surface area (Å²) < 4.78 is 5.65. The van der Waals surface area contributed by atoms with Gasteiger partial charge in [0.1, 0.15) is 5.75 Å². The van der Waals surface area contributed by atoms with Crippen molar-refractivity contribution in [1.82, 2.24) is 5.32 Å². The number of methoxy groups -OCH3 is 1. The number of benzene rings is 3. The van der Waals surface area contributed by atoms with Crippen LogP contribution in [0.3, 0.4) is 0 Å². The Kier molecular flexibility index (Phi) is 5.68. The van der Waals surface area contributed by atoms with Crippen molar-refractivity contribution in [2.75, 3.05) is 7.11 Å². The largest absolute Gasteiger partial charge is 0.496 e. The summed E-state index contributed by atoms with van der Waals surface area (Å²) in [6.45, 7) is 6.33. The summed E-state index contributed by atoms with van der Waals surface area (Å²) in [6, 6.07) is 25.1. The zero-order valence-corrected chi connectivity index (χ0v) is 18.2. The summed E-state index contributed by atoms with van der Waals surface area (Å²) in [7, 11) is 1.67. The third-order valence-corrected chi connectivity index (χ3v) is 6.64. The highest BCUT2D eigenvalue weighted by molar-refractivity contribution is 5.41. The lowest BCUT2D eigenvalue weighted by Crippen LogP contribution is -2.50. The van der Waals surface area contributed by atoms with Gasteiger partial charge in [-0.3, -0.25) is 0 Å². The number of piperidine rings is 1. The second kappa shape index (κ2) is 8.25. The van der Waals surface area contributed by atoms with Crippen molar-refractivity contribution in [3.8, 4) is 5.75 Å². The third-order valence-electron chi connectivity index (χ3n) is 6.64. The Morgan fingerprint density at radius 1 is 0.867 bits per heavy atom. The van der Waals surface area contributed by atoms with Crippen LogP contribution in [0.2, 0.25) is 0 Å². The van der Waals surface area contributed by atoms with Gasteiger partial charge in [0, 0.05) is 30.0 Å². The van der Waals surface area contributed by atoms with Crippen molar-refractivity contribution >= 4 is 0 Å². The molecule has 156 valence electrons.